The molecular formula is C14H24ClN3. The highest BCUT2D eigenvalue weighted by Crippen LogP contribution is 2.19. The molecule has 0 atom stereocenters. The van der Waals surface area contributed by atoms with Crippen LogP contribution in [0, 0.1) is 5.92 Å². The molecule has 0 aromatic carbocycles. The van der Waals surface area contributed by atoms with Gasteiger partial charge in [0, 0.05) is 20.1 Å². The summed E-state index contributed by atoms with van der Waals surface area (Å²) in [5, 5.41) is 4.07. The van der Waals surface area contributed by atoms with Gasteiger partial charge in [0.1, 0.15) is 5.82 Å². The molecule has 0 radical (unpaired) electrons. The van der Waals surface area contributed by atoms with E-state index in [-0.39, 0.29) is 0 Å². The van der Waals surface area contributed by atoms with Crippen LogP contribution in [0.25, 0.3) is 0 Å². The summed E-state index contributed by atoms with van der Waals surface area (Å²) in [5.74, 6) is 1.61. The smallest absolute Gasteiger partial charge is 0.128 e. The minimum Gasteiger partial charge on any atom is -0.359 e. The summed E-state index contributed by atoms with van der Waals surface area (Å²) >= 11 is 6.16. The maximum absolute atomic E-state index is 6.16. The number of anilines is 1. The molecule has 0 fully saturated rings. The Hall–Kier alpha value is -0.800. The van der Waals surface area contributed by atoms with Crippen LogP contribution in [0.1, 0.15) is 32.9 Å². The molecule has 0 aliphatic rings. The molecule has 1 N–H and O–H groups in total. The maximum atomic E-state index is 6.16. The number of pyridine rings is 1. The lowest BCUT2D eigenvalue weighted by Crippen LogP contribution is -2.24. The Labute approximate surface area is 116 Å². The zero-order chi connectivity index (χ0) is 13.5. The highest BCUT2D eigenvalue weighted by Gasteiger charge is 2.08. The van der Waals surface area contributed by atoms with Crippen LogP contribution >= 0.6 is 11.6 Å². The SMILES string of the molecule is CCCNCc1nc(N(C)CC(C)C)ccc1Cl. The molecule has 0 saturated carbocycles. The molecule has 102 valence electrons. The minimum absolute atomic E-state index is 0.620. The van der Waals surface area contributed by atoms with Crippen molar-refractivity contribution in [3.05, 3.63) is 22.8 Å². The first-order chi connectivity index (χ1) is 8.54. The summed E-state index contributed by atoms with van der Waals surface area (Å²) in [4.78, 5) is 6.80. The van der Waals surface area contributed by atoms with Crippen molar-refractivity contribution < 1.29 is 0 Å². The summed E-state index contributed by atoms with van der Waals surface area (Å²) in [7, 11) is 2.07. The van der Waals surface area contributed by atoms with E-state index >= 15 is 0 Å². The normalized spacial score (nSPS) is 11.0. The summed E-state index contributed by atoms with van der Waals surface area (Å²) in [6, 6.07) is 3.91. The van der Waals surface area contributed by atoms with Crippen molar-refractivity contribution >= 4 is 17.4 Å². The van der Waals surface area contributed by atoms with Crippen LogP contribution < -0.4 is 10.2 Å². The quantitative estimate of drug-likeness (QED) is 0.770. The molecule has 0 aliphatic carbocycles. The molecule has 0 aliphatic heterocycles. The lowest BCUT2D eigenvalue weighted by atomic mass is 10.2. The molecule has 1 rings (SSSR count). The molecule has 0 saturated heterocycles. The Morgan fingerprint density at radius 2 is 2.11 bits per heavy atom. The molecule has 0 unspecified atom stereocenters. The fourth-order valence-corrected chi connectivity index (χ4v) is 2.01. The van der Waals surface area contributed by atoms with Crippen molar-refractivity contribution in [3.63, 3.8) is 0 Å². The molecule has 1 aromatic rings. The molecule has 4 heteroatoms. The lowest BCUT2D eigenvalue weighted by Gasteiger charge is -2.21. The lowest BCUT2D eigenvalue weighted by molar-refractivity contribution is 0.630. The van der Waals surface area contributed by atoms with E-state index in [2.05, 4.69) is 43.0 Å². The average Bonchev–Trinajstić information content (AvgIpc) is 2.30. The standard InChI is InChI=1S/C14H24ClN3/c1-5-8-16-9-13-12(15)6-7-14(17-13)18(4)10-11(2)3/h6-7,11,16H,5,8-10H2,1-4H3. The van der Waals surface area contributed by atoms with E-state index in [1.165, 1.54) is 0 Å². The number of hydrogen-bond acceptors (Lipinski definition) is 3. The zero-order valence-electron chi connectivity index (χ0n) is 11.8. The third-order valence-corrected chi connectivity index (χ3v) is 3.00. The Morgan fingerprint density at radius 1 is 1.39 bits per heavy atom. The van der Waals surface area contributed by atoms with Gasteiger partial charge in [-0.25, -0.2) is 4.98 Å². The predicted molar refractivity (Wildman–Crippen MR) is 79.4 cm³/mol. The van der Waals surface area contributed by atoms with Crippen LogP contribution in [-0.4, -0.2) is 25.1 Å². The van der Waals surface area contributed by atoms with Gasteiger partial charge in [-0.2, -0.15) is 0 Å². The van der Waals surface area contributed by atoms with Crippen LogP contribution in [0.3, 0.4) is 0 Å². The van der Waals surface area contributed by atoms with Crippen molar-refractivity contribution in [2.24, 2.45) is 5.92 Å². The predicted octanol–water partition coefficient (Wildman–Crippen LogP) is 3.33. The Kier molecular flexibility index (Phi) is 6.44. The van der Waals surface area contributed by atoms with Crippen molar-refractivity contribution in [2.75, 3.05) is 25.0 Å². The summed E-state index contributed by atoms with van der Waals surface area (Å²) in [6.45, 7) is 9.28. The second kappa shape index (κ2) is 7.59. The van der Waals surface area contributed by atoms with Gasteiger partial charge in [-0.05, 0) is 31.0 Å². The highest BCUT2D eigenvalue weighted by molar-refractivity contribution is 6.31. The van der Waals surface area contributed by atoms with Crippen molar-refractivity contribution in [1.29, 1.82) is 0 Å². The van der Waals surface area contributed by atoms with E-state index in [0.717, 1.165) is 42.6 Å². The Balaban J connectivity index is 2.73. The topological polar surface area (TPSA) is 28.2 Å². The largest absolute Gasteiger partial charge is 0.359 e. The number of nitrogens with one attached hydrogen (secondary N) is 1. The average molecular weight is 270 g/mol. The molecule has 0 amide bonds. The van der Waals surface area contributed by atoms with E-state index in [9.17, 15) is 0 Å². The second-order valence-electron chi connectivity index (χ2n) is 5.05. The van der Waals surface area contributed by atoms with Crippen molar-refractivity contribution in [3.8, 4) is 0 Å². The van der Waals surface area contributed by atoms with Crippen LogP contribution in [-0.2, 0) is 6.54 Å². The van der Waals surface area contributed by atoms with Gasteiger partial charge in [-0.3, -0.25) is 0 Å². The van der Waals surface area contributed by atoms with Crippen LogP contribution in [0.2, 0.25) is 5.02 Å². The van der Waals surface area contributed by atoms with Crippen LogP contribution in [0.15, 0.2) is 12.1 Å². The fraction of sp³-hybridized carbons (Fsp3) is 0.643. The molecule has 3 nitrogen and oxygen atoms in total. The van der Waals surface area contributed by atoms with Gasteiger partial charge in [0.05, 0.1) is 10.7 Å². The summed E-state index contributed by atoms with van der Waals surface area (Å²) in [5.41, 5.74) is 0.929. The first kappa shape index (κ1) is 15.3. The molecule has 0 bridgehead atoms. The number of rotatable bonds is 7. The Bertz CT molecular complexity index is 366. The summed E-state index contributed by atoms with van der Waals surface area (Å²) in [6.07, 6.45) is 1.12. The maximum Gasteiger partial charge on any atom is 0.128 e. The van der Waals surface area contributed by atoms with Gasteiger partial charge in [-0.15, -0.1) is 0 Å². The minimum atomic E-state index is 0.620. The van der Waals surface area contributed by atoms with E-state index in [4.69, 9.17) is 11.6 Å². The molecule has 18 heavy (non-hydrogen) atoms. The molecular weight excluding hydrogens is 246 g/mol. The van der Waals surface area contributed by atoms with E-state index in [1.54, 1.807) is 0 Å². The number of halogens is 1. The van der Waals surface area contributed by atoms with Gasteiger partial charge in [0.2, 0.25) is 0 Å². The van der Waals surface area contributed by atoms with Gasteiger partial charge >= 0.3 is 0 Å². The molecule has 1 heterocycles. The van der Waals surface area contributed by atoms with E-state index in [0.29, 0.717) is 5.92 Å². The second-order valence-corrected chi connectivity index (χ2v) is 5.46. The monoisotopic (exact) mass is 269 g/mol. The zero-order valence-corrected chi connectivity index (χ0v) is 12.6. The van der Waals surface area contributed by atoms with Gasteiger partial charge in [0.15, 0.2) is 0 Å². The van der Waals surface area contributed by atoms with E-state index in [1.807, 2.05) is 12.1 Å². The molecule has 1 aromatic heterocycles. The number of aromatic nitrogens is 1. The first-order valence-electron chi connectivity index (χ1n) is 6.61. The van der Waals surface area contributed by atoms with Crippen molar-refractivity contribution in [1.82, 2.24) is 10.3 Å². The molecule has 0 spiro atoms. The number of hydrogen-bond donors (Lipinski definition) is 1. The highest BCUT2D eigenvalue weighted by atomic mass is 35.5. The third kappa shape index (κ3) is 4.83. The van der Waals surface area contributed by atoms with Gasteiger partial charge in [0.25, 0.3) is 0 Å². The third-order valence-electron chi connectivity index (χ3n) is 2.65. The number of nitrogens with zero attached hydrogens (tertiary/aromatic N) is 2. The fourth-order valence-electron chi connectivity index (χ4n) is 1.83. The van der Waals surface area contributed by atoms with E-state index < -0.39 is 0 Å². The van der Waals surface area contributed by atoms with Gasteiger partial charge in [-0.1, -0.05) is 32.4 Å². The Morgan fingerprint density at radius 3 is 2.72 bits per heavy atom. The van der Waals surface area contributed by atoms with Crippen LogP contribution in [0.4, 0.5) is 5.82 Å². The van der Waals surface area contributed by atoms with Gasteiger partial charge < -0.3 is 10.2 Å². The first-order valence-corrected chi connectivity index (χ1v) is 6.99. The van der Waals surface area contributed by atoms with Crippen LogP contribution in [0.5, 0.6) is 0 Å². The summed E-state index contributed by atoms with van der Waals surface area (Å²) < 4.78 is 0. The van der Waals surface area contributed by atoms with Crippen molar-refractivity contribution in [2.45, 2.75) is 33.7 Å².